The van der Waals surface area contributed by atoms with Crippen LogP contribution < -0.4 is 10.9 Å². The molecule has 148 valence electrons. The first kappa shape index (κ1) is 18.8. The molecule has 1 fully saturated rings. The first-order valence-electron chi connectivity index (χ1n) is 9.57. The summed E-state index contributed by atoms with van der Waals surface area (Å²) in [5.74, 6) is -0.357. The molecule has 1 aliphatic carbocycles. The first-order valence-corrected chi connectivity index (χ1v) is 9.57. The Kier molecular flexibility index (Phi) is 5.07. The summed E-state index contributed by atoms with van der Waals surface area (Å²) in [6.45, 7) is 0.156. The van der Waals surface area contributed by atoms with Gasteiger partial charge in [-0.1, -0.05) is 31.0 Å². The summed E-state index contributed by atoms with van der Waals surface area (Å²) >= 11 is 0. The van der Waals surface area contributed by atoms with Crippen molar-refractivity contribution in [2.45, 2.75) is 38.3 Å². The molecule has 0 atom stereocenters. The van der Waals surface area contributed by atoms with Crippen LogP contribution in [0, 0.1) is 10.1 Å². The molecule has 3 aromatic rings. The van der Waals surface area contributed by atoms with Gasteiger partial charge in [0.15, 0.2) is 0 Å². The summed E-state index contributed by atoms with van der Waals surface area (Å²) in [7, 11) is 0. The van der Waals surface area contributed by atoms with E-state index in [1.807, 2.05) is 18.2 Å². The minimum Gasteiger partial charge on any atom is -0.346 e. The highest BCUT2D eigenvalue weighted by atomic mass is 16.6. The topological polar surface area (TPSA) is 107 Å². The van der Waals surface area contributed by atoms with Gasteiger partial charge in [0.25, 0.3) is 17.2 Å². The van der Waals surface area contributed by atoms with Crippen molar-refractivity contribution in [2.24, 2.45) is 0 Å². The van der Waals surface area contributed by atoms with Gasteiger partial charge in [0.2, 0.25) is 0 Å². The van der Waals surface area contributed by atoms with E-state index in [2.05, 4.69) is 10.4 Å². The van der Waals surface area contributed by atoms with E-state index in [0.29, 0.717) is 16.6 Å². The number of carbonyl (C=O) groups excluding carboxylic acids is 1. The van der Waals surface area contributed by atoms with E-state index < -0.39 is 4.92 Å². The van der Waals surface area contributed by atoms with Gasteiger partial charge in [-0.15, -0.1) is 0 Å². The molecule has 29 heavy (non-hydrogen) atoms. The molecule has 0 saturated heterocycles. The number of non-ortho nitro benzene ring substituents is 1. The predicted molar refractivity (Wildman–Crippen MR) is 108 cm³/mol. The van der Waals surface area contributed by atoms with Gasteiger partial charge in [-0.25, -0.2) is 4.68 Å². The zero-order valence-corrected chi connectivity index (χ0v) is 15.7. The van der Waals surface area contributed by atoms with E-state index in [-0.39, 0.29) is 29.7 Å². The van der Waals surface area contributed by atoms with Crippen molar-refractivity contribution in [1.29, 1.82) is 0 Å². The number of aromatic nitrogens is 2. The number of benzene rings is 2. The number of nitrogens with one attached hydrogen (secondary N) is 1. The minimum absolute atomic E-state index is 0.0714. The normalized spacial score (nSPS) is 14.2. The maximum Gasteiger partial charge on any atom is 0.274 e. The molecule has 1 N–H and O–H groups in total. The van der Waals surface area contributed by atoms with Crippen LogP contribution in [0.4, 0.5) is 5.69 Å². The van der Waals surface area contributed by atoms with Crippen LogP contribution in [-0.4, -0.2) is 20.6 Å². The van der Waals surface area contributed by atoms with Crippen molar-refractivity contribution in [3.8, 4) is 0 Å². The van der Waals surface area contributed by atoms with Crippen molar-refractivity contribution in [3.05, 3.63) is 80.3 Å². The first-order chi connectivity index (χ1) is 14.0. The molecule has 0 aliphatic heterocycles. The van der Waals surface area contributed by atoms with Gasteiger partial charge in [0.05, 0.1) is 28.6 Å². The monoisotopic (exact) mass is 392 g/mol. The van der Waals surface area contributed by atoms with Crippen LogP contribution in [0.1, 0.15) is 47.8 Å². The molecule has 1 saturated carbocycles. The average molecular weight is 392 g/mol. The van der Waals surface area contributed by atoms with Crippen molar-refractivity contribution in [1.82, 2.24) is 15.1 Å². The number of carbonyl (C=O) groups is 1. The molecule has 8 nitrogen and oxygen atoms in total. The Balaban J connectivity index is 1.61. The maximum absolute atomic E-state index is 12.9. The highest BCUT2D eigenvalue weighted by Gasteiger charge is 2.21. The van der Waals surface area contributed by atoms with Crippen molar-refractivity contribution in [3.63, 3.8) is 0 Å². The lowest BCUT2D eigenvalue weighted by Crippen LogP contribution is -2.30. The number of hydrogen-bond acceptors (Lipinski definition) is 5. The number of amides is 1. The summed E-state index contributed by atoms with van der Waals surface area (Å²) in [6, 6.07) is 12.8. The zero-order valence-electron chi connectivity index (χ0n) is 15.7. The Morgan fingerprint density at radius 1 is 1.10 bits per heavy atom. The fourth-order valence-electron chi connectivity index (χ4n) is 3.80. The van der Waals surface area contributed by atoms with E-state index in [4.69, 9.17) is 0 Å². The molecule has 0 radical (unpaired) electrons. The van der Waals surface area contributed by atoms with E-state index in [1.54, 1.807) is 10.7 Å². The Hall–Kier alpha value is -3.55. The number of nitro groups is 1. The summed E-state index contributed by atoms with van der Waals surface area (Å²) in [5, 5.41) is 19.5. The second-order valence-corrected chi connectivity index (χ2v) is 7.17. The van der Waals surface area contributed by atoms with Crippen LogP contribution >= 0.6 is 0 Å². The van der Waals surface area contributed by atoms with Crippen LogP contribution in [0.5, 0.6) is 0 Å². The highest BCUT2D eigenvalue weighted by Crippen LogP contribution is 2.28. The maximum atomic E-state index is 12.9. The fraction of sp³-hybridized carbons (Fsp3) is 0.286. The molecular formula is C21H20N4O4. The lowest BCUT2D eigenvalue weighted by atomic mass is 10.1. The molecule has 1 aliphatic rings. The molecule has 0 unspecified atom stereocenters. The molecular weight excluding hydrogens is 372 g/mol. The van der Waals surface area contributed by atoms with Crippen LogP contribution in [0.2, 0.25) is 0 Å². The largest absolute Gasteiger partial charge is 0.346 e. The second-order valence-electron chi connectivity index (χ2n) is 7.17. The van der Waals surface area contributed by atoms with Crippen molar-refractivity contribution < 1.29 is 9.72 Å². The van der Waals surface area contributed by atoms with Gasteiger partial charge < -0.3 is 5.32 Å². The quantitative estimate of drug-likeness (QED) is 0.529. The van der Waals surface area contributed by atoms with Gasteiger partial charge in [0.1, 0.15) is 0 Å². The van der Waals surface area contributed by atoms with Gasteiger partial charge in [-0.2, -0.15) is 5.10 Å². The van der Waals surface area contributed by atoms with Crippen LogP contribution in [0.15, 0.2) is 53.3 Å². The predicted octanol–water partition coefficient (Wildman–Crippen LogP) is 3.35. The molecule has 0 spiro atoms. The third-order valence-corrected chi connectivity index (χ3v) is 5.33. The number of nitrogens with zero attached hydrogens (tertiary/aromatic N) is 3. The Labute approximate surface area is 166 Å². The SMILES string of the molecule is O=C(NCc1nn(C2CCCC2)c(=O)c2ccccc12)c1ccc([N+](=O)[O-])cc1. The molecule has 4 rings (SSSR count). The molecule has 0 bridgehead atoms. The second kappa shape index (κ2) is 7.83. The number of rotatable bonds is 5. The summed E-state index contributed by atoms with van der Waals surface area (Å²) in [6.07, 6.45) is 4.02. The van der Waals surface area contributed by atoms with Gasteiger partial charge in [-0.05, 0) is 31.0 Å². The lowest BCUT2D eigenvalue weighted by molar-refractivity contribution is -0.384. The third kappa shape index (κ3) is 3.73. The molecule has 2 aromatic carbocycles. The number of hydrogen-bond donors (Lipinski definition) is 1. The molecule has 1 heterocycles. The number of nitro benzene ring substituents is 1. The molecule has 8 heteroatoms. The Morgan fingerprint density at radius 3 is 2.41 bits per heavy atom. The fourth-order valence-corrected chi connectivity index (χ4v) is 3.80. The zero-order chi connectivity index (χ0) is 20.4. The van der Waals surface area contributed by atoms with E-state index in [1.165, 1.54) is 24.3 Å². The lowest BCUT2D eigenvalue weighted by Gasteiger charge is -2.16. The van der Waals surface area contributed by atoms with E-state index in [0.717, 1.165) is 31.1 Å². The Bertz CT molecular complexity index is 1130. The van der Waals surface area contributed by atoms with Crippen LogP contribution in [-0.2, 0) is 6.54 Å². The summed E-state index contributed by atoms with van der Waals surface area (Å²) in [4.78, 5) is 35.6. The molecule has 1 amide bonds. The standard InChI is InChI=1S/C21H20N4O4/c26-20(14-9-11-16(12-10-14)25(28)29)22-13-19-17-7-3-4-8-18(17)21(27)24(23-19)15-5-1-2-6-15/h3-4,7-12,15H,1-2,5-6,13H2,(H,22,26). The van der Waals surface area contributed by atoms with Gasteiger partial charge >= 0.3 is 0 Å². The average Bonchev–Trinajstić information content (AvgIpc) is 3.28. The van der Waals surface area contributed by atoms with Gasteiger partial charge in [0, 0.05) is 23.1 Å². The van der Waals surface area contributed by atoms with E-state index >= 15 is 0 Å². The minimum atomic E-state index is -0.510. The smallest absolute Gasteiger partial charge is 0.274 e. The number of fused-ring (bicyclic) bond motifs is 1. The van der Waals surface area contributed by atoms with Crippen molar-refractivity contribution in [2.75, 3.05) is 0 Å². The van der Waals surface area contributed by atoms with Crippen LogP contribution in [0.25, 0.3) is 10.8 Å². The van der Waals surface area contributed by atoms with E-state index in [9.17, 15) is 19.7 Å². The van der Waals surface area contributed by atoms with Gasteiger partial charge in [-0.3, -0.25) is 19.7 Å². The van der Waals surface area contributed by atoms with Crippen LogP contribution in [0.3, 0.4) is 0 Å². The third-order valence-electron chi connectivity index (χ3n) is 5.33. The Morgan fingerprint density at radius 2 is 1.76 bits per heavy atom. The van der Waals surface area contributed by atoms with Crippen molar-refractivity contribution >= 4 is 22.4 Å². The molecule has 1 aromatic heterocycles. The summed E-state index contributed by atoms with van der Waals surface area (Å²) in [5.41, 5.74) is 0.780. The summed E-state index contributed by atoms with van der Waals surface area (Å²) < 4.78 is 1.57. The highest BCUT2D eigenvalue weighted by molar-refractivity contribution is 5.94.